The molecule has 0 bridgehead atoms. The molecule has 0 aliphatic carbocycles. The molecule has 134 valence electrons. The fourth-order valence-electron chi connectivity index (χ4n) is 2.69. The van der Waals surface area contributed by atoms with Crippen LogP contribution >= 0.6 is 23.4 Å². The number of benzene rings is 1. The predicted octanol–water partition coefficient (Wildman–Crippen LogP) is 2.41. The highest BCUT2D eigenvalue weighted by Gasteiger charge is 2.21. The number of carbonyl (C=O) groups excluding carboxylic acids is 1. The molecule has 0 spiro atoms. The molecule has 0 radical (unpaired) electrons. The minimum atomic E-state index is -0.128. The van der Waals surface area contributed by atoms with Crippen LogP contribution in [0.1, 0.15) is 12.8 Å². The number of amides is 1. The molecule has 1 fully saturated rings. The first-order chi connectivity index (χ1) is 12.0. The van der Waals surface area contributed by atoms with Crippen LogP contribution < -0.4 is 5.56 Å². The molecule has 0 N–H and O–H groups in total. The van der Waals surface area contributed by atoms with Crippen LogP contribution in [0.25, 0.3) is 10.9 Å². The molecule has 1 saturated heterocycles. The zero-order valence-corrected chi connectivity index (χ0v) is 15.8. The van der Waals surface area contributed by atoms with Crippen molar-refractivity contribution in [3.8, 4) is 0 Å². The Morgan fingerprint density at radius 3 is 2.96 bits per heavy atom. The van der Waals surface area contributed by atoms with Gasteiger partial charge in [-0.3, -0.25) is 14.2 Å². The molecule has 2 aromatic rings. The number of thioether (sulfide) groups is 1. The first kappa shape index (κ1) is 18.2. The minimum absolute atomic E-state index is 0.00755. The summed E-state index contributed by atoms with van der Waals surface area (Å²) >= 11 is 7.30. The standard InChI is InChI=1S/C17H20ClN3O3S/c1-20(2)15(22)10-25-17-19-14-8-11(18)5-6-13(14)16(23)21(17)9-12-4-3-7-24-12/h5-6,8,12H,3-4,7,9-10H2,1-2H3. The number of hydrogen-bond acceptors (Lipinski definition) is 5. The van der Waals surface area contributed by atoms with E-state index < -0.39 is 0 Å². The maximum absolute atomic E-state index is 12.9. The van der Waals surface area contributed by atoms with E-state index in [2.05, 4.69) is 4.98 Å². The molecule has 1 unspecified atom stereocenters. The summed E-state index contributed by atoms with van der Waals surface area (Å²) in [6.07, 6.45) is 1.93. The van der Waals surface area contributed by atoms with Crippen LogP contribution in [0.2, 0.25) is 5.02 Å². The summed E-state index contributed by atoms with van der Waals surface area (Å²) in [4.78, 5) is 31.0. The molecule has 2 heterocycles. The molecule has 3 rings (SSSR count). The lowest BCUT2D eigenvalue weighted by molar-refractivity contribution is -0.125. The van der Waals surface area contributed by atoms with Gasteiger partial charge < -0.3 is 9.64 Å². The number of fused-ring (bicyclic) bond motifs is 1. The van der Waals surface area contributed by atoms with Crippen LogP contribution in [-0.4, -0.2) is 52.9 Å². The summed E-state index contributed by atoms with van der Waals surface area (Å²) in [5, 5.41) is 1.56. The van der Waals surface area contributed by atoms with Gasteiger partial charge in [0, 0.05) is 25.7 Å². The number of aromatic nitrogens is 2. The van der Waals surface area contributed by atoms with Crippen LogP contribution in [0, 0.1) is 0 Å². The van der Waals surface area contributed by atoms with E-state index in [4.69, 9.17) is 16.3 Å². The van der Waals surface area contributed by atoms with Crippen molar-refractivity contribution in [1.82, 2.24) is 14.5 Å². The smallest absolute Gasteiger partial charge is 0.262 e. The first-order valence-electron chi connectivity index (χ1n) is 8.10. The van der Waals surface area contributed by atoms with Crippen molar-refractivity contribution in [2.45, 2.75) is 30.6 Å². The first-order valence-corrected chi connectivity index (χ1v) is 9.46. The van der Waals surface area contributed by atoms with Crippen molar-refractivity contribution in [3.63, 3.8) is 0 Å². The zero-order chi connectivity index (χ0) is 18.0. The second-order valence-corrected chi connectivity index (χ2v) is 7.56. The fourth-order valence-corrected chi connectivity index (χ4v) is 3.85. The Kier molecular flexibility index (Phi) is 5.66. The summed E-state index contributed by atoms with van der Waals surface area (Å²) in [5.41, 5.74) is 0.415. The average Bonchev–Trinajstić information content (AvgIpc) is 3.08. The van der Waals surface area contributed by atoms with Gasteiger partial charge in [0.2, 0.25) is 5.91 Å². The van der Waals surface area contributed by atoms with Crippen molar-refractivity contribution in [2.75, 3.05) is 26.5 Å². The normalized spacial score (nSPS) is 17.2. The highest BCUT2D eigenvalue weighted by Crippen LogP contribution is 2.22. The molecule has 6 nitrogen and oxygen atoms in total. The molecule has 25 heavy (non-hydrogen) atoms. The van der Waals surface area contributed by atoms with Crippen LogP contribution in [0.4, 0.5) is 0 Å². The average molecular weight is 382 g/mol. The van der Waals surface area contributed by atoms with Gasteiger partial charge in [-0.15, -0.1) is 0 Å². The van der Waals surface area contributed by atoms with E-state index in [9.17, 15) is 9.59 Å². The fraction of sp³-hybridized carbons (Fsp3) is 0.471. The summed E-state index contributed by atoms with van der Waals surface area (Å²) in [5.74, 6) is 0.186. The van der Waals surface area contributed by atoms with Crippen LogP contribution in [0.3, 0.4) is 0 Å². The minimum Gasteiger partial charge on any atom is -0.376 e. The number of rotatable bonds is 5. The Morgan fingerprint density at radius 2 is 2.28 bits per heavy atom. The van der Waals surface area contributed by atoms with Crippen molar-refractivity contribution in [1.29, 1.82) is 0 Å². The lowest BCUT2D eigenvalue weighted by Crippen LogP contribution is -2.29. The Balaban J connectivity index is 2.00. The van der Waals surface area contributed by atoms with Gasteiger partial charge in [0.25, 0.3) is 5.56 Å². The Hall–Kier alpha value is -1.57. The van der Waals surface area contributed by atoms with Crippen LogP contribution in [-0.2, 0) is 16.1 Å². The third-order valence-electron chi connectivity index (χ3n) is 4.12. The highest BCUT2D eigenvalue weighted by molar-refractivity contribution is 7.99. The van der Waals surface area contributed by atoms with Gasteiger partial charge in [0.05, 0.1) is 29.3 Å². The summed E-state index contributed by atoms with van der Waals surface area (Å²) in [7, 11) is 3.41. The monoisotopic (exact) mass is 381 g/mol. The van der Waals surface area contributed by atoms with Crippen molar-refractivity contribution in [3.05, 3.63) is 33.6 Å². The second-order valence-electron chi connectivity index (χ2n) is 6.18. The Labute approximate surface area is 155 Å². The molecule has 1 amide bonds. The molecule has 1 aliphatic rings. The van der Waals surface area contributed by atoms with E-state index in [0.29, 0.717) is 27.6 Å². The molecule has 1 aliphatic heterocycles. The lowest BCUT2D eigenvalue weighted by atomic mass is 10.2. The van der Waals surface area contributed by atoms with Gasteiger partial charge >= 0.3 is 0 Å². The molecule has 0 saturated carbocycles. The predicted molar refractivity (Wildman–Crippen MR) is 99.4 cm³/mol. The number of ether oxygens (including phenoxy) is 1. The van der Waals surface area contributed by atoms with Gasteiger partial charge in [-0.25, -0.2) is 4.98 Å². The van der Waals surface area contributed by atoms with Gasteiger partial charge in [0.1, 0.15) is 0 Å². The molecule has 8 heteroatoms. The third-order valence-corrected chi connectivity index (χ3v) is 5.31. The van der Waals surface area contributed by atoms with Gasteiger partial charge in [0.15, 0.2) is 5.16 Å². The maximum atomic E-state index is 12.9. The number of hydrogen-bond donors (Lipinski definition) is 0. The largest absolute Gasteiger partial charge is 0.376 e. The van der Waals surface area contributed by atoms with Crippen molar-refractivity contribution in [2.24, 2.45) is 0 Å². The molecule has 1 atom stereocenters. The topological polar surface area (TPSA) is 64.4 Å². The Bertz CT molecular complexity index is 847. The Morgan fingerprint density at radius 1 is 1.48 bits per heavy atom. The van der Waals surface area contributed by atoms with E-state index in [1.54, 1.807) is 36.9 Å². The van der Waals surface area contributed by atoms with Gasteiger partial charge in [-0.1, -0.05) is 23.4 Å². The lowest BCUT2D eigenvalue weighted by Gasteiger charge is -2.17. The van der Waals surface area contributed by atoms with E-state index in [0.717, 1.165) is 19.4 Å². The van der Waals surface area contributed by atoms with Gasteiger partial charge in [-0.2, -0.15) is 0 Å². The number of nitrogens with zero attached hydrogens (tertiary/aromatic N) is 3. The number of halogens is 1. The van der Waals surface area contributed by atoms with E-state index in [1.807, 2.05) is 0 Å². The summed E-state index contributed by atoms with van der Waals surface area (Å²) < 4.78 is 7.29. The number of carbonyl (C=O) groups is 1. The highest BCUT2D eigenvalue weighted by atomic mass is 35.5. The van der Waals surface area contributed by atoms with E-state index in [1.165, 1.54) is 16.7 Å². The summed E-state index contributed by atoms with van der Waals surface area (Å²) in [6, 6.07) is 5.05. The zero-order valence-electron chi connectivity index (χ0n) is 14.2. The van der Waals surface area contributed by atoms with Crippen molar-refractivity contribution >= 4 is 40.2 Å². The van der Waals surface area contributed by atoms with Gasteiger partial charge in [-0.05, 0) is 31.0 Å². The molecular formula is C17H20ClN3O3S. The second kappa shape index (κ2) is 7.76. The maximum Gasteiger partial charge on any atom is 0.262 e. The third kappa shape index (κ3) is 4.16. The van der Waals surface area contributed by atoms with E-state index in [-0.39, 0.29) is 23.3 Å². The molecular weight excluding hydrogens is 362 g/mol. The summed E-state index contributed by atoms with van der Waals surface area (Å²) in [6.45, 7) is 1.17. The van der Waals surface area contributed by atoms with Crippen LogP contribution in [0.5, 0.6) is 0 Å². The molecule has 1 aromatic carbocycles. The quantitative estimate of drug-likeness (QED) is 0.587. The molecule has 1 aromatic heterocycles. The SMILES string of the molecule is CN(C)C(=O)CSc1nc2cc(Cl)ccc2c(=O)n1CC1CCCO1. The van der Waals surface area contributed by atoms with Crippen LogP contribution in [0.15, 0.2) is 28.2 Å². The van der Waals surface area contributed by atoms with E-state index >= 15 is 0 Å². The van der Waals surface area contributed by atoms with Crippen molar-refractivity contribution < 1.29 is 9.53 Å².